The summed E-state index contributed by atoms with van der Waals surface area (Å²) in [5.74, 6) is 0.788. The lowest BCUT2D eigenvalue weighted by Crippen LogP contribution is -2.17. The van der Waals surface area contributed by atoms with E-state index in [1.165, 1.54) is 12.8 Å². The van der Waals surface area contributed by atoms with Gasteiger partial charge in [0.1, 0.15) is 5.75 Å². The van der Waals surface area contributed by atoms with Gasteiger partial charge in [-0.2, -0.15) is 0 Å². The van der Waals surface area contributed by atoms with Gasteiger partial charge in [-0.05, 0) is 50.4 Å². The molecule has 0 spiro atoms. The third-order valence-electron chi connectivity index (χ3n) is 3.25. The van der Waals surface area contributed by atoms with Crippen molar-refractivity contribution >= 4 is 11.6 Å². The SMILES string of the molecule is Cc1ccc(OCC2(CCN)CC2)c(Cl)c1. The summed E-state index contributed by atoms with van der Waals surface area (Å²) in [6.45, 7) is 3.50. The molecule has 16 heavy (non-hydrogen) atoms. The molecule has 1 aliphatic carbocycles. The van der Waals surface area contributed by atoms with E-state index in [0.717, 1.165) is 30.9 Å². The van der Waals surface area contributed by atoms with Gasteiger partial charge in [-0.1, -0.05) is 17.7 Å². The van der Waals surface area contributed by atoms with Crippen molar-refractivity contribution in [3.63, 3.8) is 0 Å². The quantitative estimate of drug-likeness (QED) is 0.857. The monoisotopic (exact) mass is 239 g/mol. The molecule has 3 heteroatoms. The summed E-state index contributed by atoms with van der Waals surface area (Å²) in [7, 11) is 0. The average molecular weight is 240 g/mol. The molecule has 1 aliphatic rings. The molecule has 0 amide bonds. The Morgan fingerprint density at radius 1 is 1.44 bits per heavy atom. The Morgan fingerprint density at radius 2 is 2.19 bits per heavy atom. The molecule has 0 aromatic heterocycles. The Labute approximate surface area is 102 Å². The van der Waals surface area contributed by atoms with E-state index in [2.05, 4.69) is 0 Å². The summed E-state index contributed by atoms with van der Waals surface area (Å²) in [6, 6.07) is 5.89. The van der Waals surface area contributed by atoms with E-state index in [4.69, 9.17) is 22.1 Å². The second kappa shape index (κ2) is 4.64. The van der Waals surface area contributed by atoms with Crippen molar-refractivity contribution in [3.05, 3.63) is 28.8 Å². The first-order chi connectivity index (χ1) is 7.65. The summed E-state index contributed by atoms with van der Waals surface area (Å²) in [4.78, 5) is 0. The Balaban J connectivity index is 1.94. The van der Waals surface area contributed by atoms with E-state index < -0.39 is 0 Å². The van der Waals surface area contributed by atoms with Crippen LogP contribution in [-0.4, -0.2) is 13.2 Å². The molecule has 0 saturated heterocycles. The molecule has 1 fully saturated rings. The number of hydrogen-bond acceptors (Lipinski definition) is 2. The minimum atomic E-state index is 0.336. The van der Waals surface area contributed by atoms with Gasteiger partial charge in [0.05, 0.1) is 11.6 Å². The fraction of sp³-hybridized carbons (Fsp3) is 0.538. The molecule has 0 atom stereocenters. The molecule has 0 bridgehead atoms. The van der Waals surface area contributed by atoms with Crippen LogP contribution in [0, 0.1) is 12.3 Å². The molecule has 0 radical (unpaired) electrons. The van der Waals surface area contributed by atoms with Gasteiger partial charge in [-0.3, -0.25) is 0 Å². The van der Waals surface area contributed by atoms with Gasteiger partial charge in [-0.25, -0.2) is 0 Å². The van der Waals surface area contributed by atoms with Crippen molar-refractivity contribution in [1.29, 1.82) is 0 Å². The van der Waals surface area contributed by atoms with Crippen molar-refractivity contribution < 1.29 is 4.74 Å². The average Bonchev–Trinajstić information content (AvgIpc) is 2.98. The first-order valence-corrected chi connectivity index (χ1v) is 6.12. The van der Waals surface area contributed by atoms with Gasteiger partial charge < -0.3 is 10.5 Å². The minimum absolute atomic E-state index is 0.336. The highest BCUT2D eigenvalue weighted by atomic mass is 35.5. The van der Waals surface area contributed by atoms with Crippen LogP contribution in [0.25, 0.3) is 0 Å². The van der Waals surface area contributed by atoms with E-state index in [9.17, 15) is 0 Å². The maximum absolute atomic E-state index is 6.11. The molecule has 2 rings (SSSR count). The van der Waals surface area contributed by atoms with Gasteiger partial charge >= 0.3 is 0 Å². The van der Waals surface area contributed by atoms with Gasteiger partial charge in [-0.15, -0.1) is 0 Å². The van der Waals surface area contributed by atoms with E-state index in [0.29, 0.717) is 10.4 Å². The fourth-order valence-corrected chi connectivity index (χ4v) is 2.19. The first-order valence-electron chi connectivity index (χ1n) is 5.74. The predicted molar refractivity (Wildman–Crippen MR) is 67.0 cm³/mol. The lowest BCUT2D eigenvalue weighted by atomic mass is 10.0. The first kappa shape index (κ1) is 11.7. The van der Waals surface area contributed by atoms with Crippen molar-refractivity contribution in [1.82, 2.24) is 0 Å². The number of benzene rings is 1. The van der Waals surface area contributed by atoms with Crippen LogP contribution >= 0.6 is 11.6 Å². The van der Waals surface area contributed by atoms with Gasteiger partial charge in [0.2, 0.25) is 0 Å². The van der Waals surface area contributed by atoms with Crippen LogP contribution in [-0.2, 0) is 0 Å². The molecular formula is C13H18ClNO. The summed E-state index contributed by atoms with van der Waals surface area (Å²) in [5, 5.41) is 0.698. The molecule has 0 heterocycles. The second-order valence-electron chi connectivity index (χ2n) is 4.76. The van der Waals surface area contributed by atoms with E-state index >= 15 is 0 Å². The molecule has 88 valence electrons. The third kappa shape index (κ3) is 2.69. The van der Waals surface area contributed by atoms with Crippen molar-refractivity contribution in [2.24, 2.45) is 11.1 Å². The highest BCUT2D eigenvalue weighted by Crippen LogP contribution is 2.48. The van der Waals surface area contributed by atoms with Crippen molar-refractivity contribution in [3.8, 4) is 5.75 Å². The van der Waals surface area contributed by atoms with Crippen LogP contribution in [0.4, 0.5) is 0 Å². The molecular weight excluding hydrogens is 222 g/mol. The van der Waals surface area contributed by atoms with E-state index in [-0.39, 0.29) is 0 Å². The number of ether oxygens (including phenoxy) is 1. The van der Waals surface area contributed by atoms with Crippen LogP contribution in [0.2, 0.25) is 5.02 Å². The number of aryl methyl sites for hydroxylation is 1. The Kier molecular flexibility index (Phi) is 3.41. The zero-order valence-corrected chi connectivity index (χ0v) is 10.4. The van der Waals surface area contributed by atoms with Crippen molar-refractivity contribution in [2.45, 2.75) is 26.2 Å². The number of nitrogens with two attached hydrogens (primary N) is 1. The van der Waals surface area contributed by atoms with Crippen LogP contribution < -0.4 is 10.5 Å². The standard InChI is InChI=1S/C13H18ClNO/c1-10-2-3-12(11(14)8-10)16-9-13(4-5-13)6-7-15/h2-3,8H,4-7,9,15H2,1H3. The lowest BCUT2D eigenvalue weighted by molar-refractivity contribution is 0.227. The molecule has 0 unspecified atom stereocenters. The summed E-state index contributed by atoms with van der Waals surface area (Å²) in [6.07, 6.45) is 3.51. The normalized spacial score (nSPS) is 17.2. The molecule has 2 nitrogen and oxygen atoms in total. The van der Waals surface area contributed by atoms with E-state index in [1.54, 1.807) is 0 Å². The predicted octanol–water partition coefficient (Wildman–Crippen LogP) is 3.16. The van der Waals surface area contributed by atoms with Crippen LogP contribution in [0.3, 0.4) is 0 Å². The van der Waals surface area contributed by atoms with Crippen LogP contribution in [0.5, 0.6) is 5.75 Å². The second-order valence-corrected chi connectivity index (χ2v) is 5.17. The summed E-state index contributed by atoms with van der Waals surface area (Å²) in [5.41, 5.74) is 7.08. The minimum Gasteiger partial charge on any atom is -0.491 e. The topological polar surface area (TPSA) is 35.2 Å². The Bertz CT molecular complexity index is 374. The lowest BCUT2D eigenvalue weighted by Gasteiger charge is -2.16. The summed E-state index contributed by atoms with van der Waals surface area (Å²) < 4.78 is 5.78. The third-order valence-corrected chi connectivity index (χ3v) is 3.55. The maximum atomic E-state index is 6.11. The van der Waals surface area contributed by atoms with E-state index in [1.807, 2.05) is 25.1 Å². The smallest absolute Gasteiger partial charge is 0.137 e. The Hall–Kier alpha value is -0.730. The molecule has 1 aromatic carbocycles. The maximum Gasteiger partial charge on any atom is 0.137 e. The summed E-state index contributed by atoms with van der Waals surface area (Å²) >= 11 is 6.11. The zero-order chi connectivity index (χ0) is 11.6. The van der Waals surface area contributed by atoms with Crippen LogP contribution in [0.1, 0.15) is 24.8 Å². The largest absolute Gasteiger partial charge is 0.491 e. The highest BCUT2D eigenvalue weighted by Gasteiger charge is 2.42. The highest BCUT2D eigenvalue weighted by molar-refractivity contribution is 6.32. The molecule has 2 N–H and O–H groups in total. The van der Waals surface area contributed by atoms with Crippen LogP contribution in [0.15, 0.2) is 18.2 Å². The van der Waals surface area contributed by atoms with Crippen molar-refractivity contribution in [2.75, 3.05) is 13.2 Å². The van der Waals surface area contributed by atoms with Gasteiger partial charge in [0.25, 0.3) is 0 Å². The number of hydrogen-bond donors (Lipinski definition) is 1. The number of rotatable bonds is 5. The molecule has 0 aliphatic heterocycles. The molecule has 1 saturated carbocycles. The zero-order valence-electron chi connectivity index (χ0n) is 9.63. The van der Waals surface area contributed by atoms with Gasteiger partial charge in [0.15, 0.2) is 0 Å². The molecule has 1 aromatic rings. The van der Waals surface area contributed by atoms with Gasteiger partial charge in [0, 0.05) is 5.41 Å². The Morgan fingerprint density at radius 3 is 2.75 bits per heavy atom. The number of halogens is 1. The fourth-order valence-electron chi connectivity index (χ4n) is 1.90.